The summed E-state index contributed by atoms with van der Waals surface area (Å²) < 4.78 is 4.51. The van der Waals surface area contributed by atoms with Gasteiger partial charge in [-0.15, -0.1) is 0 Å². The van der Waals surface area contributed by atoms with Gasteiger partial charge in [0, 0.05) is 16.8 Å². The van der Waals surface area contributed by atoms with Crippen molar-refractivity contribution >= 4 is 33.4 Å². The van der Waals surface area contributed by atoms with E-state index in [1.165, 1.54) is 6.42 Å². The maximum absolute atomic E-state index is 5.06. The third-order valence-corrected chi connectivity index (χ3v) is 8.41. The molecule has 5 heteroatoms. The molecule has 0 unspecified atom stereocenters. The standard InChI is InChI=1S/C41H31N5.C3H8.C2H6/c1-3-14-28(4-2)35-27-36(43-40(42-35)29-15-6-5-7-16-29)32-19-12-17-30(25-32)31-18-13-20-33(26-31)45-38-23-10-11-24-39(38)46-37-22-9-8-21-34(37)44-41(45)46;1-3-2;1-2/h3-27H,1-2H3;3H2,1-2H3;1-2H3/b14-3-,28-4+;;. The molecule has 51 heavy (non-hydrogen) atoms. The van der Waals surface area contributed by atoms with Gasteiger partial charge in [-0.3, -0.25) is 8.97 Å². The fourth-order valence-electron chi connectivity index (χ4n) is 6.26. The first-order valence-electron chi connectivity index (χ1n) is 17.9. The highest BCUT2D eigenvalue weighted by Gasteiger charge is 2.17. The van der Waals surface area contributed by atoms with E-state index in [1.807, 2.05) is 58.0 Å². The van der Waals surface area contributed by atoms with Crippen LogP contribution in [-0.4, -0.2) is 23.9 Å². The van der Waals surface area contributed by atoms with Gasteiger partial charge < -0.3 is 0 Å². The highest BCUT2D eigenvalue weighted by atomic mass is 15.2. The van der Waals surface area contributed by atoms with E-state index in [0.29, 0.717) is 5.82 Å². The Hall–Kier alpha value is -6.07. The molecule has 0 amide bonds. The van der Waals surface area contributed by atoms with E-state index in [4.69, 9.17) is 15.0 Å². The van der Waals surface area contributed by atoms with E-state index in [9.17, 15) is 0 Å². The maximum Gasteiger partial charge on any atom is 0.220 e. The van der Waals surface area contributed by atoms with Crippen LogP contribution in [0, 0.1) is 0 Å². The summed E-state index contributed by atoms with van der Waals surface area (Å²) in [5, 5.41) is 0. The van der Waals surface area contributed by atoms with Crippen molar-refractivity contribution in [1.29, 1.82) is 0 Å². The fraction of sp³-hybridized carbons (Fsp3) is 0.152. The summed E-state index contributed by atoms with van der Waals surface area (Å²) >= 11 is 0. The average molecular weight is 668 g/mol. The summed E-state index contributed by atoms with van der Waals surface area (Å²) in [7, 11) is 0. The molecule has 0 saturated heterocycles. The minimum atomic E-state index is 0.708. The lowest BCUT2D eigenvalue weighted by atomic mass is 10.00. The van der Waals surface area contributed by atoms with Crippen molar-refractivity contribution in [3.8, 4) is 39.5 Å². The molecule has 254 valence electrons. The van der Waals surface area contributed by atoms with Crippen LogP contribution in [0.2, 0.25) is 0 Å². The SMILES string of the molecule is C/C=C\C(=C/C)c1cc(-c2cccc(-c3cccc(-n4c5ccccc5n5c6ccccc6nc45)c3)c2)nc(-c2ccccc2)n1.CC.CCC. The van der Waals surface area contributed by atoms with E-state index in [-0.39, 0.29) is 0 Å². The first-order chi connectivity index (χ1) is 25.1. The van der Waals surface area contributed by atoms with Crippen LogP contribution >= 0.6 is 0 Å². The van der Waals surface area contributed by atoms with Crippen LogP contribution in [-0.2, 0) is 0 Å². The van der Waals surface area contributed by atoms with Crippen LogP contribution in [0.1, 0.15) is 53.7 Å². The molecular weight excluding hydrogens is 623 g/mol. The highest BCUT2D eigenvalue weighted by Crippen LogP contribution is 2.33. The summed E-state index contributed by atoms with van der Waals surface area (Å²) in [4.78, 5) is 15.1. The molecule has 5 nitrogen and oxygen atoms in total. The maximum atomic E-state index is 5.06. The van der Waals surface area contributed by atoms with E-state index in [2.05, 4.69) is 144 Å². The number of rotatable bonds is 6. The normalized spacial score (nSPS) is 11.5. The molecule has 0 aliphatic carbocycles. The third kappa shape index (κ3) is 7.01. The van der Waals surface area contributed by atoms with Crippen molar-refractivity contribution in [3.05, 3.63) is 157 Å². The first kappa shape index (κ1) is 34.8. The quantitative estimate of drug-likeness (QED) is 0.166. The molecule has 0 atom stereocenters. The average Bonchev–Trinajstić information content (AvgIpc) is 3.73. The van der Waals surface area contributed by atoms with Gasteiger partial charge in [-0.1, -0.05) is 137 Å². The number of nitrogens with zero attached hydrogens (tertiary/aromatic N) is 5. The van der Waals surface area contributed by atoms with Crippen LogP contribution in [0.25, 0.3) is 72.9 Å². The monoisotopic (exact) mass is 667 g/mol. The molecule has 3 heterocycles. The predicted molar refractivity (Wildman–Crippen MR) is 217 cm³/mol. The van der Waals surface area contributed by atoms with Crippen LogP contribution in [0.3, 0.4) is 0 Å². The van der Waals surface area contributed by atoms with Crippen molar-refractivity contribution < 1.29 is 0 Å². The van der Waals surface area contributed by atoms with Crippen molar-refractivity contribution in [3.63, 3.8) is 0 Å². The molecule has 0 saturated carbocycles. The number of allylic oxidation sites excluding steroid dienone is 4. The lowest BCUT2D eigenvalue weighted by Gasteiger charge is -2.12. The number of fused-ring (bicyclic) bond motifs is 5. The summed E-state index contributed by atoms with van der Waals surface area (Å²) in [6, 6.07) is 46.4. The molecule has 3 aromatic heterocycles. The smallest absolute Gasteiger partial charge is 0.220 e. The van der Waals surface area contributed by atoms with Crippen LogP contribution in [0.15, 0.2) is 152 Å². The van der Waals surface area contributed by atoms with Gasteiger partial charge in [0.1, 0.15) is 0 Å². The van der Waals surface area contributed by atoms with Crippen molar-refractivity contribution in [2.45, 2.75) is 48.0 Å². The molecule has 0 N–H and O–H groups in total. The Balaban J connectivity index is 0.000000853. The summed E-state index contributed by atoms with van der Waals surface area (Å²) in [5.41, 5.74) is 12.5. The van der Waals surface area contributed by atoms with Crippen LogP contribution in [0.4, 0.5) is 0 Å². The second kappa shape index (κ2) is 16.1. The van der Waals surface area contributed by atoms with Gasteiger partial charge >= 0.3 is 0 Å². The molecular formula is C46H45N5. The van der Waals surface area contributed by atoms with Gasteiger partial charge in [-0.05, 0) is 79.1 Å². The van der Waals surface area contributed by atoms with Gasteiger partial charge in [0.2, 0.25) is 5.78 Å². The van der Waals surface area contributed by atoms with E-state index < -0.39 is 0 Å². The van der Waals surface area contributed by atoms with E-state index in [1.54, 1.807) is 0 Å². The Morgan fingerprint density at radius 2 is 1.20 bits per heavy atom. The van der Waals surface area contributed by atoms with E-state index in [0.717, 1.165) is 72.7 Å². The van der Waals surface area contributed by atoms with Gasteiger partial charge in [-0.25, -0.2) is 15.0 Å². The number of imidazole rings is 2. The second-order valence-electron chi connectivity index (χ2n) is 12.0. The predicted octanol–water partition coefficient (Wildman–Crippen LogP) is 12.6. The Morgan fingerprint density at radius 3 is 1.92 bits per heavy atom. The Labute approximate surface area is 301 Å². The molecule has 0 fully saturated rings. The molecule has 0 spiro atoms. The Kier molecular flexibility index (Phi) is 11.0. The zero-order chi connectivity index (χ0) is 35.7. The van der Waals surface area contributed by atoms with Crippen molar-refractivity contribution in [2.75, 3.05) is 0 Å². The summed E-state index contributed by atoms with van der Waals surface area (Å²) in [6.45, 7) is 12.3. The fourth-order valence-corrected chi connectivity index (χ4v) is 6.26. The lowest BCUT2D eigenvalue weighted by molar-refractivity contribution is 1.09. The molecule has 5 aromatic carbocycles. The van der Waals surface area contributed by atoms with Gasteiger partial charge in [0.25, 0.3) is 0 Å². The zero-order valence-corrected chi connectivity index (χ0v) is 30.4. The molecule has 0 aliphatic rings. The molecule has 0 radical (unpaired) electrons. The van der Waals surface area contributed by atoms with Gasteiger partial charge in [0.05, 0.1) is 33.5 Å². The summed E-state index contributed by atoms with van der Waals surface area (Å²) in [6.07, 6.45) is 7.47. The largest absolute Gasteiger partial charge is 0.278 e. The molecule has 0 aliphatic heterocycles. The molecule has 8 rings (SSSR count). The van der Waals surface area contributed by atoms with Gasteiger partial charge in [-0.2, -0.15) is 0 Å². The summed E-state index contributed by atoms with van der Waals surface area (Å²) in [5.74, 6) is 1.61. The Bertz CT molecular complexity index is 2460. The highest BCUT2D eigenvalue weighted by molar-refractivity contribution is 5.92. The Morgan fingerprint density at radius 1 is 0.588 bits per heavy atom. The van der Waals surface area contributed by atoms with Crippen molar-refractivity contribution in [2.24, 2.45) is 0 Å². The number of hydrogen-bond donors (Lipinski definition) is 0. The zero-order valence-electron chi connectivity index (χ0n) is 30.4. The first-order valence-corrected chi connectivity index (χ1v) is 17.9. The minimum absolute atomic E-state index is 0.708. The van der Waals surface area contributed by atoms with Crippen molar-refractivity contribution in [1.82, 2.24) is 23.9 Å². The number of benzene rings is 5. The lowest BCUT2D eigenvalue weighted by Crippen LogP contribution is -1.98. The molecule has 0 bridgehead atoms. The molecule has 8 aromatic rings. The van der Waals surface area contributed by atoms with E-state index >= 15 is 0 Å². The second-order valence-corrected chi connectivity index (χ2v) is 12.0. The topological polar surface area (TPSA) is 48.0 Å². The van der Waals surface area contributed by atoms with Gasteiger partial charge in [0.15, 0.2) is 5.82 Å². The minimum Gasteiger partial charge on any atom is -0.278 e. The van der Waals surface area contributed by atoms with Crippen LogP contribution in [0.5, 0.6) is 0 Å². The number of aromatic nitrogens is 5. The third-order valence-electron chi connectivity index (χ3n) is 8.41. The number of para-hydroxylation sites is 4. The van der Waals surface area contributed by atoms with Crippen LogP contribution < -0.4 is 0 Å². The number of hydrogen-bond acceptors (Lipinski definition) is 3.